The summed E-state index contributed by atoms with van der Waals surface area (Å²) >= 11 is 7.53. The van der Waals surface area contributed by atoms with Gasteiger partial charge in [-0.2, -0.15) is 0 Å². The Hall–Kier alpha value is -2.82. The highest BCUT2D eigenvalue weighted by Crippen LogP contribution is 2.28. The van der Waals surface area contributed by atoms with Crippen LogP contribution in [0.1, 0.15) is 5.56 Å². The van der Waals surface area contributed by atoms with E-state index in [1.54, 1.807) is 11.3 Å². The van der Waals surface area contributed by atoms with Gasteiger partial charge in [-0.15, -0.1) is 11.3 Å². The van der Waals surface area contributed by atoms with Crippen LogP contribution >= 0.6 is 22.9 Å². The van der Waals surface area contributed by atoms with E-state index in [0.29, 0.717) is 0 Å². The largest absolute Gasteiger partial charge is 0.381 e. The van der Waals surface area contributed by atoms with Gasteiger partial charge in [0.15, 0.2) is 5.13 Å². The molecule has 0 unspecified atom stereocenters. The van der Waals surface area contributed by atoms with Crippen molar-refractivity contribution in [2.24, 2.45) is 0 Å². The van der Waals surface area contributed by atoms with Crippen molar-refractivity contribution in [2.45, 2.75) is 6.54 Å². The molecule has 27 heavy (non-hydrogen) atoms. The molecule has 134 valence electrons. The van der Waals surface area contributed by atoms with Crippen molar-refractivity contribution < 1.29 is 0 Å². The van der Waals surface area contributed by atoms with Crippen molar-refractivity contribution in [3.8, 4) is 11.3 Å². The number of rotatable bonds is 6. The summed E-state index contributed by atoms with van der Waals surface area (Å²) in [7, 11) is 0. The Morgan fingerprint density at radius 2 is 1.52 bits per heavy atom. The lowest BCUT2D eigenvalue weighted by Gasteiger charge is -2.08. The van der Waals surface area contributed by atoms with Crippen molar-refractivity contribution in [1.82, 2.24) is 4.98 Å². The van der Waals surface area contributed by atoms with Crippen LogP contribution in [0.2, 0.25) is 5.02 Å². The second-order valence-corrected chi connectivity index (χ2v) is 7.38. The van der Waals surface area contributed by atoms with Crippen LogP contribution in [0.4, 0.5) is 16.5 Å². The van der Waals surface area contributed by atoms with Gasteiger partial charge in [-0.25, -0.2) is 4.98 Å². The highest BCUT2D eigenvalue weighted by molar-refractivity contribution is 7.14. The minimum absolute atomic E-state index is 0.730. The van der Waals surface area contributed by atoms with E-state index in [9.17, 15) is 0 Å². The fraction of sp³-hybridized carbons (Fsp3) is 0.0455. The Kier molecular flexibility index (Phi) is 5.37. The molecule has 3 aromatic carbocycles. The van der Waals surface area contributed by atoms with Gasteiger partial charge in [-0.05, 0) is 42.0 Å². The average molecular weight is 392 g/mol. The highest BCUT2D eigenvalue weighted by Gasteiger charge is 2.05. The number of halogens is 1. The Morgan fingerprint density at radius 3 is 2.26 bits per heavy atom. The van der Waals surface area contributed by atoms with Crippen LogP contribution in [-0.4, -0.2) is 4.98 Å². The zero-order valence-corrected chi connectivity index (χ0v) is 16.1. The number of hydrogen-bond donors (Lipinski definition) is 2. The van der Waals surface area contributed by atoms with Crippen molar-refractivity contribution >= 4 is 39.4 Å². The molecule has 0 radical (unpaired) electrons. The number of anilines is 3. The minimum atomic E-state index is 0.730. The van der Waals surface area contributed by atoms with Gasteiger partial charge in [0.2, 0.25) is 0 Å². The maximum atomic E-state index is 5.95. The van der Waals surface area contributed by atoms with Gasteiger partial charge in [0, 0.05) is 33.9 Å². The molecule has 0 fully saturated rings. The molecule has 0 aliphatic carbocycles. The zero-order valence-electron chi connectivity index (χ0n) is 14.5. The van der Waals surface area contributed by atoms with Crippen LogP contribution in [0.15, 0.2) is 84.2 Å². The van der Waals surface area contributed by atoms with E-state index in [-0.39, 0.29) is 0 Å². The summed E-state index contributed by atoms with van der Waals surface area (Å²) in [5.41, 5.74) is 5.37. The number of aromatic nitrogens is 1. The summed E-state index contributed by atoms with van der Waals surface area (Å²) in [4.78, 5) is 4.65. The summed E-state index contributed by atoms with van der Waals surface area (Å²) in [5.74, 6) is 0. The van der Waals surface area contributed by atoms with Crippen LogP contribution < -0.4 is 10.6 Å². The molecule has 4 aromatic rings. The van der Waals surface area contributed by atoms with Crippen molar-refractivity contribution in [2.75, 3.05) is 10.6 Å². The summed E-state index contributed by atoms with van der Waals surface area (Å²) in [6, 6.07) is 26.3. The monoisotopic (exact) mass is 391 g/mol. The predicted molar refractivity (Wildman–Crippen MR) is 116 cm³/mol. The van der Waals surface area contributed by atoms with E-state index in [4.69, 9.17) is 11.6 Å². The third kappa shape index (κ3) is 4.67. The second-order valence-electron chi connectivity index (χ2n) is 6.09. The molecule has 4 rings (SSSR count). The molecule has 0 aliphatic heterocycles. The van der Waals surface area contributed by atoms with Gasteiger partial charge in [0.05, 0.1) is 5.69 Å². The van der Waals surface area contributed by atoms with Crippen molar-refractivity contribution in [1.29, 1.82) is 0 Å². The van der Waals surface area contributed by atoms with Crippen LogP contribution in [-0.2, 0) is 6.54 Å². The first-order valence-corrected chi connectivity index (χ1v) is 9.88. The van der Waals surface area contributed by atoms with Crippen LogP contribution in [0, 0.1) is 0 Å². The van der Waals surface area contributed by atoms with Crippen LogP contribution in [0.5, 0.6) is 0 Å². The first-order valence-electron chi connectivity index (χ1n) is 8.63. The summed E-state index contributed by atoms with van der Waals surface area (Å²) < 4.78 is 0. The van der Waals surface area contributed by atoms with Gasteiger partial charge in [-0.1, -0.05) is 54.1 Å². The molecule has 3 nitrogen and oxygen atoms in total. The number of thiazole rings is 1. The lowest BCUT2D eigenvalue weighted by Crippen LogP contribution is -1.99. The lowest BCUT2D eigenvalue weighted by atomic mass is 10.2. The molecule has 0 saturated heterocycles. The van der Waals surface area contributed by atoms with E-state index >= 15 is 0 Å². The molecule has 0 bridgehead atoms. The SMILES string of the molecule is Clc1ccc(-c2csc(Nc3ccc(NCc4ccccc4)cc3)n2)cc1. The molecule has 0 atom stereocenters. The summed E-state index contributed by atoms with van der Waals surface area (Å²) in [6.45, 7) is 0.810. The fourth-order valence-corrected chi connectivity index (χ4v) is 3.55. The maximum Gasteiger partial charge on any atom is 0.187 e. The molecular formula is C22H18ClN3S. The third-order valence-electron chi connectivity index (χ3n) is 4.12. The van der Waals surface area contributed by atoms with Crippen LogP contribution in [0.25, 0.3) is 11.3 Å². The van der Waals surface area contributed by atoms with Crippen molar-refractivity contribution in [3.05, 3.63) is 94.8 Å². The Balaban J connectivity index is 1.38. The standard InChI is InChI=1S/C22H18ClN3S/c23-18-8-6-17(7-9-18)21-15-27-22(26-21)25-20-12-10-19(11-13-20)24-14-16-4-2-1-3-5-16/h1-13,15,24H,14H2,(H,25,26). The smallest absolute Gasteiger partial charge is 0.187 e. The van der Waals surface area contributed by atoms with Gasteiger partial charge in [0.1, 0.15) is 0 Å². The third-order valence-corrected chi connectivity index (χ3v) is 5.13. The van der Waals surface area contributed by atoms with Gasteiger partial charge < -0.3 is 10.6 Å². The molecular weight excluding hydrogens is 374 g/mol. The predicted octanol–water partition coefficient (Wildman–Crippen LogP) is 6.82. The first kappa shape index (κ1) is 17.6. The van der Waals surface area contributed by atoms with E-state index in [0.717, 1.165) is 39.3 Å². The van der Waals surface area contributed by atoms with Gasteiger partial charge >= 0.3 is 0 Å². The highest BCUT2D eigenvalue weighted by atomic mass is 35.5. The van der Waals surface area contributed by atoms with E-state index < -0.39 is 0 Å². The number of nitrogens with zero attached hydrogens (tertiary/aromatic N) is 1. The quantitative estimate of drug-likeness (QED) is 0.378. The minimum Gasteiger partial charge on any atom is -0.381 e. The van der Waals surface area contributed by atoms with E-state index in [1.807, 2.05) is 35.7 Å². The van der Waals surface area contributed by atoms with E-state index in [1.165, 1.54) is 5.56 Å². The average Bonchev–Trinajstić information content (AvgIpc) is 3.17. The molecule has 0 amide bonds. The van der Waals surface area contributed by atoms with E-state index in [2.05, 4.69) is 64.1 Å². The number of hydrogen-bond acceptors (Lipinski definition) is 4. The molecule has 0 aliphatic rings. The lowest BCUT2D eigenvalue weighted by molar-refractivity contribution is 1.15. The molecule has 5 heteroatoms. The topological polar surface area (TPSA) is 37.0 Å². The number of benzene rings is 3. The normalized spacial score (nSPS) is 10.6. The van der Waals surface area contributed by atoms with Gasteiger partial charge in [0.25, 0.3) is 0 Å². The van der Waals surface area contributed by atoms with Gasteiger partial charge in [-0.3, -0.25) is 0 Å². The number of nitrogens with one attached hydrogen (secondary N) is 2. The second kappa shape index (κ2) is 8.25. The Bertz CT molecular complexity index is 996. The Morgan fingerprint density at radius 1 is 0.815 bits per heavy atom. The summed E-state index contributed by atoms with van der Waals surface area (Å²) in [6.07, 6.45) is 0. The molecule has 0 saturated carbocycles. The molecule has 1 heterocycles. The van der Waals surface area contributed by atoms with Crippen LogP contribution in [0.3, 0.4) is 0 Å². The molecule has 1 aromatic heterocycles. The molecule has 2 N–H and O–H groups in total. The fourth-order valence-electron chi connectivity index (χ4n) is 2.68. The molecule has 0 spiro atoms. The maximum absolute atomic E-state index is 5.95. The zero-order chi connectivity index (χ0) is 18.5. The Labute approximate surface area is 167 Å². The first-order chi connectivity index (χ1) is 13.3. The summed E-state index contributed by atoms with van der Waals surface area (Å²) in [5, 5.41) is 10.4. The van der Waals surface area contributed by atoms with Crippen molar-refractivity contribution in [3.63, 3.8) is 0 Å².